The molecule has 0 saturated heterocycles. The minimum Gasteiger partial charge on any atom is -0.464 e. The maximum Gasteiger partial charge on any atom is 0.356 e. The molecule has 114 valence electrons. The minimum atomic E-state index is -0.510. The van der Waals surface area contributed by atoms with E-state index in [9.17, 15) is 9.59 Å². The Morgan fingerprint density at radius 3 is 2.05 bits per heavy atom. The van der Waals surface area contributed by atoms with Crippen LogP contribution in [0.1, 0.15) is 28.4 Å². The van der Waals surface area contributed by atoms with Gasteiger partial charge < -0.3 is 9.47 Å². The highest BCUT2D eigenvalue weighted by Crippen LogP contribution is 2.13. The summed E-state index contributed by atoms with van der Waals surface area (Å²) in [4.78, 5) is 29.1. The van der Waals surface area contributed by atoms with E-state index in [1.54, 1.807) is 0 Å². The average Bonchev–Trinajstić information content (AvgIpc) is 3.03. The number of halogens is 1. The van der Waals surface area contributed by atoms with Crippen LogP contribution in [0, 0.1) is 0 Å². The first-order valence-corrected chi connectivity index (χ1v) is 7.67. The van der Waals surface area contributed by atoms with Crippen molar-refractivity contribution >= 4 is 75.8 Å². The van der Waals surface area contributed by atoms with E-state index >= 15 is 0 Å². The molecule has 0 amide bonds. The summed E-state index contributed by atoms with van der Waals surface area (Å²) in [6.07, 6.45) is 0. The smallest absolute Gasteiger partial charge is 0.356 e. The molecule has 4 radical (unpaired) electrons. The van der Waals surface area contributed by atoms with E-state index in [4.69, 9.17) is 15.7 Å². The Morgan fingerprint density at radius 1 is 1.14 bits per heavy atom. The van der Waals surface area contributed by atoms with Gasteiger partial charge in [0.1, 0.15) is 15.7 Å². The van der Waals surface area contributed by atoms with Crippen LogP contribution >= 0.6 is 38.6 Å². The number of methoxy groups -OCH3 is 2. The monoisotopic (exact) mass is 400 g/mol. The molecule has 0 aliphatic heterocycles. The maximum atomic E-state index is 10.9. The molecule has 0 atom stereocenters. The summed E-state index contributed by atoms with van der Waals surface area (Å²) < 4.78 is 10.2. The lowest BCUT2D eigenvalue weighted by Gasteiger charge is -1.93. The molecule has 0 unspecified atom stereocenters. The molecule has 0 aromatic carbocycles. The Labute approximate surface area is 147 Å². The number of rotatable bonds is 2. The standard InChI is InChI=1S/C5H3BBrNO2S.C5H4BNO2S.CH4/c1-10-4(9)2-3(6)11-5(7)8-2;1-9-5(8)3-4(6)10-2-7-3;/h1H3;2H,1H3;1H4. The molecule has 0 fully saturated rings. The highest BCUT2D eigenvalue weighted by molar-refractivity contribution is 9.11. The highest BCUT2D eigenvalue weighted by Gasteiger charge is 2.13. The summed E-state index contributed by atoms with van der Waals surface area (Å²) in [5.74, 6) is -0.997. The quantitative estimate of drug-likeness (QED) is 0.549. The van der Waals surface area contributed by atoms with E-state index in [1.165, 1.54) is 42.4 Å². The predicted molar refractivity (Wildman–Crippen MR) is 92.1 cm³/mol. The van der Waals surface area contributed by atoms with Gasteiger partial charge in [0, 0.05) is 0 Å². The first-order valence-electron chi connectivity index (χ1n) is 5.18. The summed E-state index contributed by atoms with van der Waals surface area (Å²) in [5, 5.41) is 0. The normalized spacial score (nSPS) is 9.05. The number of ether oxygens (including phenoxy) is 2. The zero-order valence-electron chi connectivity index (χ0n) is 11.0. The van der Waals surface area contributed by atoms with E-state index in [1.807, 2.05) is 0 Å². The van der Waals surface area contributed by atoms with Crippen molar-refractivity contribution in [3.8, 4) is 0 Å². The third-order valence-corrected chi connectivity index (χ3v) is 3.97. The van der Waals surface area contributed by atoms with E-state index in [0.29, 0.717) is 13.5 Å². The number of esters is 2. The molecular weight excluding hydrogens is 390 g/mol. The van der Waals surface area contributed by atoms with Crippen molar-refractivity contribution in [2.75, 3.05) is 14.2 Å². The van der Waals surface area contributed by atoms with Crippen LogP contribution in [0.5, 0.6) is 0 Å². The summed E-state index contributed by atoms with van der Waals surface area (Å²) in [7, 11) is 13.4. The van der Waals surface area contributed by atoms with Gasteiger partial charge in [0.05, 0.1) is 19.7 Å². The molecule has 0 aliphatic rings. The Hall–Kier alpha value is -1.19. The first-order chi connectivity index (χ1) is 9.90. The van der Waals surface area contributed by atoms with Crippen molar-refractivity contribution in [2.24, 2.45) is 0 Å². The molecule has 0 spiro atoms. The number of aromatic nitrogens is 2. The lowest BCUT2D eigenvalue weighted by Crippen LogP contribution is -2.13. The Balaban J connectivity index is 0.000000385. The van der Waals surface area contributed by atoms with Gasteiger partial charge in [0.25, 0.3) is 0 Å². The number of carbonyl (C=O) groups excluding carboxylic acids is 2. The van der Waals surface area contributed by atoms with E-state index in [-0.39, 0.29) is 18.8 Å². The molecule has 2 heterocycles. The highest BCUT2D eigenvalue weighted by atomic mass is 79.9. The first kappa shape index (κ1) is 20.8. The predicted octanol–water partition coefficient (Wildman–Crippen LogP) is 0.846. The third-order valence-electron chi connectivity index (χ3n) is 1.98. The van der Waals surface area contributed by atoms with Crippen LogP contribution in [0.3, 0.4) is 0 Å². The summed E-state index contributed by atoms with van der Waals surface area (Å²) in [6.45, 7) is 0. The topological polar surface area (TPSA) is 78.4 Å². The zero-order valence-corrected chi connectivity index (χ0v) is 14.2. The Morgan fingerprint density at radius 2 is 1.68 bits per heavy atom. The second kappa shape index (κ2) is 9.75. The van der Waals surface area contributed by atoms with Crippen molar-refractivity contribution in [3.63, 3.8) is 0 Å². The molecule has 0 bridgehead atoms. The Bertz CT molecular complexity index is 648. The van der Waals surface area contributed by atoms with Gasteiger partial charge in [0.15, 0.2) is 15.3 Å². The van der Waals surface area contributed by atoms with Crippen molar-refractivity contribution in [1.29, 1.82) is 0 Å². The van der Waals surface area contributed by atoms with Gasteiger partial charge in [0.2, 0.25) is 0 Å². The fraction of sp³-hybridized carbons (Fsp3) is 0.273. The summed E-state index contributed by atoms with van der Waals surface area (Å²) in [5.41, 5.74) is 1.87. The molecular formula is C11H11B2BrN2O4S2. The average molecular weight is 401 g/mol. The van der Waals surface area contributed by atoms with Crippen LogP contribution in [-0.4, -0.2) is 51.8 Å². The van der Waals surface area contributed by atoms with Gasteiger partial charge in [-0.3, -0.25) is 0 Å². The largest absolute Gasteiger partial charge is 0.464 e. The third kappa shape index (κ3) is 5.54. The maximum absolute atomic E-state index is 10.9. The van der Waals surface area contributed by atoms with Crippen LogP contribution < -0.4 is 9.55 Å². The Kier molecular flexibility index (Phi) is 9.22. The molecule has 11 heteroatoms. The van der Waals surface area contributed by atoms with E-state index in [0.717, 1.165) is 0 Å². The van der Waals surface area contributed by atoms with Crippen LogP contribution in [0.15, 0.2) is 9.43 Å². The number of carbonyl (C=O) groups is 2. The molecule has 2 rings (SSSR count). The minimum absolute atomic E-state index is 0. The second-order valence-electron chi connectivity index (χ2n) is 3.23. The number of thiazole rings is 2. The van der Waals surface area contributed by atoms with Crippen LogP contribution in [0.4, 0.5) is 0 Å². The zero-order chi connectivity index (χ0) is 16.0. The lowest BCUT2D eigenvalue weighted by molar-refractivity contribution is 0.0587. The van der Waals surface area contributed by atoms with Crippen LogP contribution in [0.25, 0.3) is 0 Å². The van der Waals surface area contributed by atoms with Crippen LogP contribution in [-0.2, 0) is 9.47 Å². The fourth-order valence-electron chi connectivity index (χ4n) is 1.05. The molecule has 2 aromatic heterocycles. The van der Waals surface area contributed by atoms with Gasteiger partial charge >= 0.3 is 11.9 Å². The van der Waals surface area contributed by atoms with Crippen molar-refractivity contribution < 1.29 is 19.1 Å². The summed E-state index contributed by atoms with van der Waals surface area (Å²) >= 11 is 5.51. The molecule has 0 N–H and O–H groups in total. The molecule has 22 heavy (non-hydrogen) atoms. The lowest BCUT2D eigenvalue weighted by atomic mass is 10.1. The van der Waals surface area contributed by atoms with Gasteiger partial charge in [-0.2, -0.15) is 0 Å². The van der Waals surface area contributed by atoms with Gasteiger partial charge in [-0.15, -0.1) is 22.7 Å². The number of nitrogens with zero attached hydrogens (tertiary/aromatic N) is 2. The van der Waals surface area contributed by atoms with Gasteiger partial charge in [-0.1, -0.05) is 7.43 Å². The fourth-order valence-corrected chi connectivity index (χ4v) is 2.82. The van der Waals surface area contributed by atoms with E-state index in [2.05, 4.69) is 35.4 Å². The van der Waals surface area contributed by atoms with Crippen LogP contribution in [0.2, 0.25) is 0 Å². The van der Waals surface area contributed by atoms with Crippen molar-refractivity contribution in [3.05, 3.63) is 20.8 Å². The van der Waals surface area contributed by atoms with Crippen molar-refractivity contribution in [2.45, 2.75) is 7.43 Å². The number of hydrogen-bond acceptors (Lipinski definition) is 8. The second-order valence-corrected chi connectivity index (χ2v) is 6.42. The molecule has 0 aliphatic carbocycles. The van der Waals surface area contributed by atoms with E-state index < -0.39 is 11.9 Å². The number of hydrogen-bond donors (Lipinski definition) is 0. The summed E-state index contributed by atoms with van der Waals surface area (Å²) in [6, 6.07) is 0. The van der Waals surface area contributed by atoms with Gasteiger partial charge in [-0.05, 0) is 25.5 Å². The molecule has 2 aromatic rings. The molecule has 6 nitrogen and oxygen atoms in total. The van der Waals surface area contributed by atoms with Crippen molar-refractivity contribution in [1.82, 2.24) is 9.97 Å². The SMILES string of the molecule is C.[B]c1sc(Br)nc1C(=O)OC.[B]c1scnc1C(=O)OC. The van der Waals surface area contributed by atoms with Gasteiger partial charge in [-0.25, -0.2) is 19.6 Å². The molecule has 0 saturated carbocycles.